The predicted octanol–water partition coefficient (Wildman–Crippen LogP) is 2.84. The number of thiophene rings is 1. The molecule has 1 unspecified atom stereocenters. The zero-order valence-corrected chi connectivity index (χ0v) is 12.9. The third-order valence-corrected chi connectivity index (χ3v) is 5.43. The Morgan fingerprint density at radius 1 is 1.45 bits per heavy atom. The van der Waals surface area contributed by atoms with E-state index in [2.05, 4.69) is 6.07 Å². The molecular weight excluding hydrogens is 294 g/mol. The number of hydrogen-bond donors (Lipinski definition) is 1. The maximum absolute atomic E-state index is 12.2. The number of carbonyl (C=O) groups excluding carboxylic acids is 1. The third kappa shape index (κ3) is 4.52. The minimum Gasteiger partial charge on any atom is -0.481 e. The molecule has 1 aromatic rings. The molecule has 6 heteroatoms. The zero-order chi connectivity index (χ0) is 14.4. The fourth-order valence-corrected chi connectivity index (χ4v) is 4.21. The first-order chi connectivity index (χ1) is 9.66. The number of thioether (sulfide) groups is 1. The number of hydrogen-bond acceptors (Lipinski definition) is 4. The summed E-state index contributed by atoms with van der Waals surface area (Å²) in [6.07, 6.45) is 2.89. The number of amides is 1. The van der Waals surface area contributed by atoms with Crippen LogP contribution in [0, 0.1) is 0 Å². The number of piperidine rings is 1. The van der Waals surface area contributed by atoms with Gasteiger partial charge in [-0.2, -0.15) is 0 Å². The molecule has 1 fully saturated rings. The van der Waals surface area contributed by atoms with Crippen molar-refractivity contribution in [3.8, 4) is 0 Å². The maximum Gasteiger partial charge on any atom is 0.305 e. The Hall–Kier alpha value is -1.01. The van der Waals surface area contributed by atoms with Crippen LogP contribution in [0.15, 0.2) is 17.5 Å². The minimum atomic E-state index is -0.819. The van der Waals surface area contributed by atoms with Gasteiger partial charge in [0, 0.05) is 23.2 Å². The summed E-state index contributed by atoms with van der Waals surface area (Å²) in [5.74, 6) is 0.549. The summed E-state index contributed by atoms with van der Waals surface area (Å²) < 4.78 is 0. The van der Waals surface area contributed by atoms with E-state index in [0.717, 1.165) is 25.0 Å². The molecule has 0 bridgehead atoms. The highest BCUT2D eigenvalue weighted by atomic mass is 32.2. The fourth-order valence-electron chi connectivity index (χ4n) is 2.46. The van der Waals surface area contributed by atoms with Crippen LogP contribution < -0.4 is 0 Å². The molecule has 0 radical (unpaired) electrons. The predicted molar refractivity (Wildman–Crippen MR) is 82.1 cm³/mol. The molecule has 0 saturated carbocycles. The van der Waals surface area contributed by atoms with E-state index < -0.39 is 5.97 Å². The van der Waals surface area contributed by atoms with Crippen molar-refractivity contribution in [1.29, 1.82) is 0 Å². The number of carboxylic acid groups (broad SMARTS) is 1. The topological polar surface area (TPSA) is 57.6 Å². The summed E-state index contributed by atoms with van der Waals surface area (Å²) in [6.45, 7) is 0.705. The first kappa shape index (κ1) is 15.4. The van der Waals surface area contributed by atoms with E-state index in [9.17, 15) is 9.59 Å². The molecular formula is C14H19NO3S2. The van der Waals surface area contributed by atoms with Gasteiger partial charge < -0.3 is 10.0 Å². The van der Waals surface area contributed by atoms with Gasteiger partial charge in [0.1, 0.15) is 0 Å². The van der Waals surface area contributed by atoms with Crippen LogP contribution in [0.25, 0.3) is 0 Å². The highest BCUT2D eigenvalue weighted by Gasteiger charge is 2.28. The average Bonchev–Trinajstić information content (AvgIpc) is 2.91. The quantitative estimate of drug-likeness (QED) is 0.877. The second kappa shape index (κ2) is 7.69. The molecule has 1 aliphatic heterocycles. The number of rotatable bonds is 6. The van der Waals surface area contributed by atoms with E-state index in [1.807, 2.05) is 11.4 Å². The van der Waals surface area contributed by atoms with E-state index in [1.54, 1.807) is 28.0 Å². The molecule has 1 aliphatic rings. The molecule has 1 saturated heterocycles. The summed E-state index contributed by atoms with van der Waals surface area (Å²) in [5, 5.41) is 11.0. The van der Waals surface area contributed by atoms with E-state index in [0.29, 0.717) is 12.3 Å². The van der Waals surface area contributed by atoms with Crippen molar-refractivity contribution in [3.63, 3.8) is 0 Å². The highest BCUT2D eigenvalue weighted by Crippen LogP contribution is 2.22. The Bertz CT molecular complexity index is 447. The summed E-state index contributed by atoms with van der Waals surface area (Å²) in [6, 6.07) is 3.96. The molecule has 2 rings (SSSR count). The fraction of sp³-hybridized carbons (Fsp3) is 0.571. The van der Waals surface area contributed by atoms with Crippen molar-refractivity contribution in [1.82, 2.24) is 4.90 Å². The molecule has 2 heterocycles. The first-order valence-electron chi connectivity index (χ1n) is 6.78. The van der Waals surface area contributed by atoms with Gasteiger partial charge >= 0.3 is 5.97 Å². The second-order valence-corrected chi connectivity index (χ2v) is 6.92. The molecule has 110 valence electrons. The van der Waals surface area contributed by atoms with Crippen molar-refractivity contribution in [3.05, 3.63) is 22.4 Å². The van der Waals surface area contributed by atoms with Crippen LogP contribution in [-0.4, -0.2) is 40.2 Å². The van der Waals surface area contributed by atoms with Crippen molar-refractivity contribution in [2.24, 2.45) is 0 Å². The second-order valence-electron chi connectivity index (χ2n) is 4.91. The molecule has 1 amide bonds. The van der Waals surface area contributed by atoms with Crippen molar-refractivity contribution in [2.45, 2.75) is 37.5 Å². The standard InChI is InChI=1S/C14H19NO3S2/c16-13(10-19-9-12-5-3-7-20-12)15-6-2-1-4-11(15)8-14(17)18/h3,5,7,11H,1-2,4,6,8-10H2,(H,17,18). The summed E-state index contributed by atoms with van der Waals surface area (Å²) in [4.78, 5) is 26.1. The van der Waals surface area contributed by atoms with Gasteiger partial charge in [0.2, 0.25) is 5.91 Å². The number of nitrogens with zero attached hydrogens (tertiary/aromatic N) is 1. The first-order valence-corrected chi connectivity index (χ1v) is 8.81. The lowest BCUT2D eigenvalue weighted by atomic mass is 9.99. The van der Waals surface area contributed by atoms with Crippen LogP contribution >= 0.6 is 23.1 Å². The van der Waals surface area contributed by atoms with Gasteiger partial charge in [-0.15, -0.1) is 23.1 Å². The molecule has 20 heavy (non-hydrogen) atoms. The van der Waals surface area contributed by atoms with E-state index in [4.69, 9.17) is 5.11 Å². The Morgan fingerprint density at radius 3 is 3.00 bits per heavy atom. The molecule has 4 nitrogen and oxygen atoms in total. The molecule has 1 aromatic heterocycles. The van der Waals surface area contributed by atoms with Crippen LogP contribution in [0.1, 0.15) is 30.6 Å². The van der Waals surface area contributed by atoms with Gasteiger partial charge in [-0.25, -0.2) is 0 Å². The number of carbonyl (C=O) groups is 2. The monoisotopic (exact) mass is 313 g/mol. The van der Waals surface area contributed by atoms with Crippen LogP contribution in [0.2, 0.25) is 0 Å². The lowest BCUT2D eigenvalue weighted by Gasteiger charge is -2.35. The van der Waals surface area contributed by atoms with E-state index in [1.165, 1.54) is 4.88 Å². The highest BCUT2D eigenvalue weighted by molar-refractivity contribution is 7.99. The molecule has 1 atom stereocenters. The van der Waals surface area contributed by atoms with Crippen molar-refractivity contribution >= 4 is 35.0 Å². The third-order valence-electron chi connectivity index (χ3n) is 3.41. The minimum absolute atomic E-state index is 0.0708. The Kier molecular flexibility index (Phi) is 5.91. The van der Waals surface area contributed by atoms with Gasteiger partial charge in [-0.3, -0.25) is 9.59 Å². The Balaban J connectivity index is 1.81. The SMILES string of the molecule is O=C(O)CC1CCCCN1C(=O)CSCc1cccs1. The van der Waals surface area contributed by atoms with E-state index in [-0.39, 0.29) is 18.4 Å². The smallest absolute Gasteiger partial charge is 0.305 e. The normalized spacial score (nSPS) is 19.0. The van der Waals surface area contributed by atoms with Crippen LogP contribution in [-0.2, 0) is 15.3 Å². The Labute approximate surface area is 127 Å². The van der Waals surface area contributed by atoms with Gasteiger partial charge in [0.05, 0.1) is 12.2 Å². The van der Waals surface area contributed by atoms with Crippen molar-refractivity contribution < 1.29 is 14.7 Å². The number of likely N-dealkylation sites (tertiary alicyclic amines) is 1. The van der Waals surface area contributed by atoms with Gasteiger partial charge in [0.15, 0.2) is 0 Å². The maximum atomic E-state index is 12.2. The zero-order valence-electron chi connectivity index (χ0n) is 11.3. The van der Waals surface area contributed by atoms with Gasteiger partial charge in [-0.05, 0) is 30.7 Å². The van der Waals surface area contributed by atoms with Gasteiger partial charge in [-0.1, -0.05) is 6.07 Å². The van der Waals surface area contributed by atoms with Crippen molar-refractivity contribution in [2.75, 3.05) is 12.3 Å². The molecule has 0 aliphatic carbocycles. The summed E-state index contributed by atoms with van der Waals surface area (Å²) >= 11 is 3.30. The lowest BCUT2D eigenvalue weighted by Crippen LogP contribution is -2.45. The molecule has 1 N–H and O–H groups in total. The largest absolute Gasteiger partial charge is 0.481 e. The Morgan fingerprint density at radius 2 is 2.30 bits per heavy atom. The van der Waals surface area contributed by atoms with Crippen LogP contribution in [0.5, 0.6) is 0 Å². The van der Waals surface area contributed by atoms with Crippen LogP contribution in [0.4, 0.5) is 0 Å². The summed E-state index contributed by atoms with van der Waals surface area (Å²) in [5.41, 5.74) is 0. The van der Waals surface area contributed by atoms with Crippen LogP contribution in [0.3, 0.4) is 0 Å². The summed E-state index contributed by atoms with van der Waals surface area (Å²) in [7, 11) is 0. The lowest BCUT2D eigenvalue weighted by molar-refractivity contribution is -0.141. The number of carboxylic acids is 1. The average molecular weight is 313 g/mol. The van der Waals surface area contributed by atoms with E-state index >= 15 is 0 Å². The molecule has 0 aromatic carbocycles. The number of aliphatic carboxylic acids is 1. The molecule has 0 spiro atoms. The van der Waals surface area contributed by atoms with Gasteiger partial charge in [0.25, 0.3) is 0 Å².